The van der Waals surface area contributed by atoms with Gasteiger partial charge in [0.1, 0.15) is 0 Å². The van der Waals surface area contributed by atoms with Crippen LogP contribution >= 0.6 is 0 Å². The lowest BCUT2D eigenvalue weighted by molar-refractivity contribution is 0.0821. The van der Waals surface area contributed by atoms with Crippen molar-refractivity contribution in [2.24, 2.45) is 16.8 Å². The summed E-state index contributed by atoms with van der Waals surface area (Å²) in [4.78, 5) is 7.43. The number of sulfone groups is 1. The van der Waals surface area contributed by atoms with Crippen molar-refractivity contribution in [2.75, 3.05) is 44.4 Å². The van der Waals surface area contributed by atoms with Crippen molar-refractivity contribution in [3.63, 3.8) is 0 Å². The molecule has 3 saturated heterocycles. The van der Waals surface area contributed by atoms with E-state index in [0.29, 0.717) is 30.3 Å². The third kappa shape index (κ3) is 5.35. The minimum Gasteiger partial charge on any atom is -0.381 e. The normalized spacial score (nSPS) is 35.4. The van der Waals surface area contributed by atoms with E-state index in [-0.39, 0.29) is 11.7 Å². The van der Waals surface area contributed by atoms with Crippen LogP contribution in [0.15, 0.2) is 4.99 Å². The molecule has 0 aromatic rings. The van der Waals surface area contributed by atoms with Crippen LogP contribution in [-0.2, 0) is 14.6 Å². The van der Waals surface area contributed by atoms with E-state index in [0.717, 1.165) is 57.6 Å². The summed E-state index contributed by atoms with van der Waals surface area (Å²) in [6.45, 7) is 6.73. The van der Waals surface area contributed by atoms with Gasteiger partial charge in [0.25, 0.3) is 0 Å². The summed E-state index contributed by atoms with van der Waals surface area (Å²) >= 11 is 0. The molecule has 0 aromatic heterocycles. The largest absolute Gasteiger partial charge is 0.381 e. The Balaban J connectivity index is 1.38. The molecule has 154 valence electrons. The molecule has 27 heavy (non-hydrogen) atoms. The maximum Gasteiger partial charge on any atom is 0.191 e. The molecule has 0 amide bonds. The van der Waals surface area contributed by atoms with Gasteiger partial charge >= 0.3 is 0 Å². The van der Waals surface area contributed by atoms with Crippen molar-refractivity contribution in [2.45, 2.75) is 57.2 Å². The Kier molecular flexibility index (Phi) is 5.94. The van der Waals surface area contributed by atoms with Gasteiger partial charge in [-0.2, -0.15) is 0 Å². The number of guanidine groups is 1. The van der Waals surface area contributed by atoms with Crippen LogP contribution in [-0.4, -0.2) is 81.8 Å². The molecule has 8 heteroatoms. The second-order valence-corrected chi connectivity index (χ2v) is 11.1. The van der Waals surface area contributed by atoms with Crippen molar-refractivity contribution in [3.05, 3.63) is 0 Å². The van der Waals surface area contributed by atoms with E-state index in [2.05, 4.69) is 22.5 Å². The monoisotopic (exact) mass is 398 g/mol. The number of ether oxygens (including phenoxy) is 1. The fourth-order valence-corrected chi connectivity index (χ4v) is 6.36. The smallest absolute Gasteiger partial charge is 0.191 e. The average molecular weight is 399 g/mol. The Bertz CT molecular complexity index is 643. The van der Waals surface area contributed by atoms with Gasteiger partial charge < -0.3 is 15.4 Å². The molecule has 0 radical (unpaired) electrons. The summed E-state index contributed by atoms with van der Waals surface area (Å²) in [5.74, 6) is 2.22. The first-order valence-corrected chi connectivity index (χ1v) is 12.4. The van der Waals surface area contributed by atoms with Crippen LogP contribution in [0.1, 0.15) is 39.0 Å². The minimum atomic E-state index is -2.84. The molecule has 4 fully saturated rings. The minimum absolute atomic E-state index is 0.159. The maximum atomic E-state index is 11.7. The summed E-state index contributed by atoms with van der Waals surface area (Å²) in [5, 5.41) is 7.28. The van der Waals surface area contributed by atoms with E-state index in [4.69, 9.17) is 9.73 Å². The third-order valence-electron chi connectivity index (χ3n) is 6.42. The van der Waals surface area contributed by atoms with E-state index in [1.54, 1.807) is 0 Å². The van der Waals surface area contributed by atoms with Crippen LogP contribution < -0.4 is 10.6 Å². The van der Waals surface area contributed by atoms with Crippen molar-refractivity contribution < 1.29 is 13.2 Å². The fraction of sp³-hybridized carbons (Fsp3) is 0.947. The number of hydrogen-bond acceptors (Lipinski definition) is 5. The highest BCUT2D eigenvalue weighted by Gasteiger charge is 2.38. The Morgan fingerprint density at radius 1 is 1.11 bits per heavy atom. The lowest BCUT2D eigenvalue weighted by Gasteiger charge is -2.28. The van der Waals surface area contributed by atoms with Gasteiger partial charge in [-0.25, -0.2) is 8.42 Å². The summed E-state index contributed by atoms with van der Waals surface area (Å²) in [6, 6.07) is 1.59. The first-order chi connectivity index (χ1) is 13.0. The molecule has 1 saturated carbocycles. The van der Waals surface area contributed by atoms with Gasteiger partial charge in [-0.3, -0.25) is 9.89 Å². The van der Waals surface area contributed by atoms with Gasteiger partial charge in [0, 0.05) is 51.0 Å². The molecule has 0 spiro atoms. The highest BCUT2D eigenvalue weighted by Crippen LogP contribution is 2.31. The van der Waals surface area contributed by atoms with E-state index < -0.39 is 9.84 Å². The number of likely N-dealkylation sites (tertiary alicyclic amines) is 1. The maximum absolute atomic E-state index is 11.7. The second kappa shape index (κ2) is 8.25. The van der Waals surface area contributed by atoms with Crippen molar-refractivity contribution in [3.8, 4) is 0 Å². The molecular weight excluding hydrogens is 364 g/mol. The number of hydrogen-bond donors (Lipinski definition) is 2. The van der Waals surface area contributed by atoms with Gasteiger partial charge in [0.05, 0.1) is 11.5 Å². The topological polar surface area (TPSA) is 83.0 Å². The van der Waals surface area contributed by atoms with Gasteiger partial charge in [-0.05, 0) is 43.9 Å². The van der Waals surface area contributed by atoms with Crippen molar-refractivity contribution in [1.82, 2.24) is 15.5 Å². The third-order valence-corrected chi connectivity index (χ3v) is 8.26. The van der Waals surface area contributed by atoms with Crippen LogP contribution in [0.2, 0.25) is 0 Å². The summed E-state index contributed by atoms with van der Waals surface area (Å²) in [5.41, 5.74) is 0. The van der Waals surface area contributed by atoms with E-state index in [9.17, 15) is 8.42 Å². The molecule has 7 nitrogen and oxygen atoms in total. The predicted octanol–water partition coefficient (Wildman–Crippen LogP) is 0.618. The SMILES string of the molecule is CC1CN(C2CC2)CC1NC(=NCC1CCS(=O)(=O)C1)NC1CCOCC1. The number of nitrogens with zero attached hydrogens (tertiary/aromatic N) is 2. The Labute approximate surface area is 163 Å². The molecule has 3 aliphatic heterocycles. The van der Waals surface area contributed by atoms with Gasteiger partial charge in [-0.1, -0.05) is 6.92 Å². The molecule has 4 rings (SSSR count). The zero-order chi connectivity index (χ0) is 18.9. The van der Waals surface area contributed by atoms with Crippen LogP contribution in [0.5, 0.6) is 0 Å². The number of nitrogens with one attached hydrogen (secondary N) is 2. The van der Waals surface area contributed by atoms with Crippen LogP contribution in [0, 0.1) is 11.8 Å². The Hall–Kier alpha value is -0.860. The Morgan fingerprint density at radius 2 is 1.89 bits per heavy atom. The second-order valence-electron chi connectivity index (χ2n) is 8.90. The molecule has 1 aliphatic carbocycles. The summed E-state index contributed by atoms with van der Waals surface area (Å²) in [7, 11) is -2.84. The van der Waals surface area contributed by atoms with Crippen LogP contribution in [0.4, 0.5) is 0 Å². The van der Waals surface area contributed by atoms with Crippen molar-refractivity contribution >= 4 is 15.8 Å². The highest BCUT2D eigenvalue weighted by molar-refractivity contribution is 7.91. The molecule has 0 aromatic carbocycles. The molecule has 3 unspecified atom stereocenters. The lowest BCUT2D eigenvalue weighted by atomic mass is 10.1. The molecule has 0 bridgehead atoms. The molecule has 3 heterocycles. The zero-order valence-corrected chi connectivity index (χ0v) is 17.2. The van der Waals surface area contributed by atoms with Gasteiger partial charge in [0.15, 0.2) is 15.8 Å². The number of aliphatic imine (C=N–C) groups is 1. The Morgan fingerprint density at radius 3 is 2.56 bits per heavy atom. The van der Waals surface area contributed by atoms with Gasteiger partial charge in [-0.15, -0.1) is 0 Å². The predicted molar refractivity (Wildman–Crippen MR) is 107 cm³/mol. The first kappa shape index (κ1) is 19.5. The first-order valence-electron chi connectivity index (χ1n) is 10.6. The fourth-order valence-electron chi connectivity index (χ4n) is 4.51. The molecule has 2 N–H and O–H groups in total. The van der Waals surface area contributed by atoms with Gasteiger partial charge in [0.2, 0.25) is 0 Å². The molecule has 3 atom stereocenters. The van der Waals surface area contributed by atoms with E-state index in [1.807, 2.05) is 0 Å². The summed E-state index contributed by atoms with van der Waals surface area (Å²) in [6.07, 6.45) is 5.42. The standard InChI is InChI=1S/C19H34N4O3S/c1-14-11-23(17-2-3-17)12-18(14)22-19(21-16-4-7-26-8-5-16)20-10-15-6-9-27(24,25)13-15/h14-18H,2-13H2,1H3,(H2,20,21,22). The van der Waals surface area contributed by atoms with E-state index in [1.165, 1.54) is 12.8 Å². The van der Waals surface area contributed by atoms with Crippen LogP contribution in [0.25, 0.3) is 0 Å². The zero-order valence-electron chi connectivity index (χ0n) is 16.4. The van der Waals surface area contributed by atoms with Crippen LogP contribution in [0.3, 0.4) is 0 Å². The quantitative estimate of drug-likeness (QED) is 0.522. The highest BCUT2D eigenvalue weighted by atomic mass is 32.2. The average Bonchev–Trinajstić information content (AvgIpc) is 3.34. The molecular formula is C19H34N4O3S. The molecule has 4 aliphatic rings. The van der Waals surface area contributed by atoms with Crippen molar-refractivity contribution in [1.29, 1.82) is 0 Å². The lowest BCUT2D eigenvalue weighted by Crippen LogP contribution is -2.51. The van der Waals surface area contributed by atoms with E-state index >= 15 is 0 Å². The number of rotatable bonds is 5. The summed E-state index contributed by atoms with van der Waals surface area (Å²) < 4.78 is 28.9.